The first-order valence-electron chi connectivity index (χ1n) is 5.97. The Hall–Kier alpha value is -0.160. The van der Waals surface area contributed by atoms with Gasteiger partial charge in [0.1, 0.15) is 5.82 Å². The Bertz CT molecular complexity index is 372. The summed E-state index contributed by atoms with van der Waals surface area (Å²) in [5.74, 6) is -0.127. The van der Waals surface area contributed by atoms with Crippen molar-refractivity contribution in [2.75, 3.05) is 13.1 Å². The average Bonchev–Trinajstić information content (AvgIpc) is 2.22. The number of nitrogens with one attached hydrogen (secondary N) is 1. The number of hydrogen-bond acceptors (Lipinski definition) is 2. The van der Waals surface area contributed by atoms with Gasteiger partial charge in [-0.1, -0.05) is 22.0 Å². The molecule has 0 spiro atoms. The smallest absolute Gasteiger partial charge is 0.128 e. The van der Waals surface area contributed by atoms with Crippen molar-refractivity contribution >= 4 is 28.3 Å². The fourth-order valence-corrected chi connectivity index (χ4v) is 2.94. The molecule has 0 amide bonds. The van der Waals surface area contributed by atoms with E-state index in [1.54, 1.807) is 6.07 Å². The minimum absolute atomic E-state index is 0. The van der Waals surface area contributed by atoms with Crippen molar-refractivity contribution in [3.63, 3.8) is 0 Å². The third kappa shape index (κ3) is 3.92. The van der Waals surface area contributed by atoms with Crippen molar-refractivity contribution in [2.45, 2.75) is 32.5 Å². The predicted molar refractivity (Wildman–Crippen MR) is 78.7 cm³/mol. The number of halogens is 3. The van der Waals surface area contributed by atoms with Crippen LogP contribution in [-0.4, -0.2) is 30.1 Å². The molecule has 1 aliphatic heterocycles. The van der Waals surface area contributed by atoms with Crippen LogP contribution in [0.1, 0.15) is 19.4 Å². The molecule has 2 rings (SSSR count). The van der Waals surface area contributed by atoms with Gasteiger partial charge in [-0.2, -0.15) is 0 Å². The van der Waals surface area contributed by atoms with E-state index in [9.17, 15) is 4.39 Å². The SMILES string of the molecule is CC1CN(Cc2c(F)cccc2Br)CC(C)N1.Cl. The molecule has 1 saturated heterocycles. The van der Waals surface area contributed by atoms with Crippen LogP contribution in [0.4, 0.5) is 4.39 Å². The zero-order valence-electron chi connectivity index (χ0n) is 10.6. The molecule has 102 valence electrons. The molecular formula is C13H19BrClFN2. The van der Waals surface area contributed by atoms with Crippen molar-refractivity contribution in [1.82, 2.24) is 10.2 Å². The van der Waals surface area contributed by atoms with Crippen LogP contribution in [0, 0.1) is 5.82 Å². The van der Waals surface area contributed by atoms with Crippen LogP contribution in [0.15, 0.2) is 22.7 Å². The fraction of sp³-hybridized carbons (Fsp3) is 0.538. The van der Waals surface area contributed by atoms with E-state index in [1.807, 2.05) is 6.07 Å². The maximum Gasteiger partial charge on any atom is 0.128 e. The van der Waals surface area contributed by atoms with Gasteiger partial charge in [0.2, 0.25) is 0 Å². The lowest BCUT2D eigenvalue weighted by Gasteiger charge is -2.36. The van der Waals surface area contributed by atoms with Crippen LogP contribution in [0.5, 0.6) is 0 Å². The average molecular weight is 338 g/mol. The van der Waals surface area contributed by atoms with E-state index < -0.39 is 0 Å². The number of hydrogen-bond donors (Lipinski definition) is 1. The minimum atomic E-state index is -0.127. The van der Waals surface area contributed by atoms with Gasteiger partial charge in [-0.15, -0.1) is 12.4 Å². The molecular weight excluding hydrogens is 319 g/mol. The monoisotopic (exact) mass is 336 g/mol. The summed E-state index contributed by atoms with van der Waals surface area (Å²) in [5, 5.41) is 3.48. The molecule has 0 radical (unpaired) electrons. The fourth-order valence-electron chi connectivity index (χ4n) is 2.48. The molecule has 1 N–H and O–H groups in total. The van der Waals surface area contributed by atoms with E-state index in [0.29, 0.717) is 18.6 Å². The highest BCUT2D eigenvalue weighted by atomic mass is 79.9. The highest BCUT2D eigenvalue weighted by molar-refractivity contribution is 9.10. The van der Waals surface area contributed by atoms with E-state index in [0.717, 1.165) is 23.1 Å². The van der Waals surface area contributed by atoms with Crippen LogP contribution in [0.2, 0.25) is 0 Å². The summed E-state index contributed by atoms with van der Waals surface area (Å²) >= 11 is 3.42. The summed E-state index contributed by atoms with van der Waals surface area (Å²) in [6, 6.07) is 6.07. The topological polar surface area (TPSA) is 15.3 Å². The summed E-state index contributed by atoms with van der Waals surface area (Å²) in [7, 11) is 0. The molecule has 2 unspecified atom stereocenters. The second-order valence-electron chi connectivity index (χ2n) is 4.86. The quantitative estimate of drug-likeness (QED) is 0.891. The van der Waals surface area contributed by atoms with Gasteiger partial charge < -0.3 is 5.32 Å². The Labute approximate surface area is 122 Å². The maximum absolute atomic E-state index is 13.7. The summed E-state index contributed by atoms with van der Waals surface area (Å²) in [5.41, 5.74) is 0.758. The van der Waals surface area contributed by atoms with E-state index >= 15 is 0 Å². The Morgan fingerprint density at radius 2 is 1.94 bits per heavy atom. The van der Waals surface area contributed by atoms with Crippen LogP contribution in [0.3, 0.4) is 0 Å². The second kappa shape index (κ2) is 6.85. The van der Waals surface area contributed by atoms with E-state index in [-0.39, 0.29) is 18.2 Å². The summed E-state index contributed by atoms with van der Waals surface area (Å²) in [6.45, 7) is 6.93. The molecule has 0 bridgehead atoms. The highest BCUT2D eigenvalue weighted by Crippen LogP contribution is 2.22. The van der Waals surface area contributed by atoms with Gasteiger partial charge in [-0.05, 0) is 26.0 Å². The van der Waals surface area contributed by atoms with Gasteiger partial charge >= 0.3 is 0 Å². The molecule has 18 heavy (non-hydrogen) atoms. The van der Waals surface area contributed by atoms with Crippen LogP contribution < -0.4 is 5.32 Å². The van der Waals surface area contributed by atoms with Gasteiger partial charge in [-0.3, -0.25) is 4.90 Å². The largest absolute Gasteiger partial charge is 0.309 e. The van der Waals surface area contributed by atoms with Gasteiger partial charge in [0.25, 0.3) is 0 Å². The molecule has 5 heteroatoms. The molecule has 2 nitrogen and oxygen atoms in total. The first-order valence-corrected chi connectivity index (χ1v) is 6.77. The van der Waals surface area contributed by atoms with E-state index in [4.69, 9.17) is 0 Å². The standard InChI is InChI=1S/C13H18BrFN2.ClH/c1-9-6-17(7-10(2)16-9)8-11-12(14)4-3-5-13(11)15;/h3-5,9-10,16H,6-8H2,1-2H3;1H. The number of benzene rings is 1. The lowest BCUT2D eigenvalue weighted by Crippen LogP contribution is -2.53. The van der Waals surface area contributed by atoms with Crippen molar-refractivity contribution in [1.29, 1.82) is 0 Å². The van der Waals surface area contributed by atoms with Crippen LogP contribution in [0.25, 0.3) is 0 Å². The zero-order valence-corrected chi connectivity index (χ0v) is 13.0. The summed E-state index contributed by atoms with van der Waals surface area (Å²) < 4.78 is 14.6. The number of rotatable bonds is 2. The van der Waals surface area contributed by atoms with Crippen LogP contribution in [-0.2, 0) is 6.54 Å². The highest BCUT2D eigenvalue weighted by Gasteiger charge is 2.22. The number of piperazine rings is 1. The second-order valence-corrected chi connectivity index (χ2v) is 5.72. The summed E-state index contributed by atoms with van der Waals surface area (Å²) in [4.78, 5) is 2.30. The molecule has 1 aromatic carbocycles. The molecule has 1 fully saturated rings. The van der Waals surface area contributed by atoms with Crippen LogP contribution >= 0.6 is 28.3 Å². The predicted octanol–water partition coefficient (Wildman–Crippen LogP) is 3.19. The van der Waals surface area contributed by atoms with E-state index in [1.165, 1.54) is 6.07 Å². The molecule has 0 aliphatic carbocycles. The van der Waals surface area contributed by atoms with Crippen molar-refractivity contribution in [3.8, 4) is 0 Å². The molecule has 1 aromatic rings. The van der Waals surface area contributed by atoms with Gasteiger partial charge in [0.05, 0.1) is 0 Å². The van der Waals surface area contributed by atoms with Gasteiger partial charge in [-0.25, -0.2) is 4.39 Å². The normalized spacial score (nSPS) is 24.7. The minimum Gasteiger partial charge on any atom is -0.309 e. The van der Waals surface area contributed by atoms with Gasteiger partial charge in [0.15, 0.2) is 0 Å². The Balaban J connectivity index is 0.00000162. The molecule has 0 aromatic heterocycles. The molecule has 1 aliphatic rings. The van der Waals surface area contributed by atoms with Gasteiger partial charge in [0, 0.05) is 41.8 Å². The molecule has 0 saturated carbocycles. The lowest BCUT2D eigenvalue weighted by molar-refractivity contribution is 0.164. The first kappa shape index (κ1) is 15.9. The first-order chi connectivity index (χ1) is 8.06. The zero-order chi connectivity index (χ0) is 12.4. The van der Waals surface area contributed by atoms with E-state index in [2.05, 4.69) is 40.0 Å². The lowest BCUT2D eigenvalue weighted by atomic mass is 10.1. The summed E-state index contributed by atoms with van der Waals surface area (Å²) in [6.07, 6.45) is 0. The third-order valence-electron chi connectivity index (χ3n) is 3.08. The maximum atomic E-state index is 13.7. The molecule has 2 atom stereocenters. The van der Waals surface area contributed by atoms with Crippen molar-refractivity contribution in [2.24, 2.45) is 0 Å². The Morgan fingerprint density at radius 1 is 1.33 bits per heavy atom. The van der Waals surface area contributed by atoms with Crippen molar-refractivity contribution in [3.05, 3.63) is 34.1 Å². The third-order valence-corrected chi connectivity index (χ3v) is 3.82. The number of nitrogens with zero attached hydrogens (tertiary/aromatic N) is 1. The Morgan fingerprint density at radius 3 is 2.50 bits per heavy atom. The van der Waals surface area contributed by atoms with Crippen molar-refractivity contribution < 1.29 is 4.39 Å². The Kier molecular flexibility index (Phi) is 6.05. The molecule has 1 heterocycles.